The fourth-order valence-electron chi connectivity index (χ4n) is 4.85. The molecular formula is C30H41N3O7. The summed E-state index contributed by atoms with van der Waals surface area (Å²) in [5.41, 5.74) is 4.80. The monoisotopic (exact) mass is 555 g/mol. The van der Waals surface area contributed by atoms with Crippen LogP contribution in [0.15, 0.2) is 36.4 Å². The molecule has 2 aromatic rings. The molecule has 10 nitrogen and oxygen atoms in total. The number of benzene rings is 2. The van der Waals surface area contributed by atoms with E-state index in [2.05, 4.69) is 42.3 Å². The maximum atomic E-state index is 12.7. The van der Waals surface area contributed by atoms with Gasteiger partial charge in [0.05, 0.1) is 7.11 Å². The standard InChI is InChI=1S/C30H41N3O7/c1-22(35)39-16-17-40-29(37)32(15-13-31-21-34)14-11-24-6-5-7-25-19-33(20-26(24)25)30(2,3)12-10-23-8-9-27(36)28(18-23)38-4/h5-9,18,21,36H,10-17,19-20H2,1-4H3,(H,31,34). The smallest absolute Gasteiger partial charge is 0.409 e. The van der Waals surface area contributed by atoms with Gasteiger partial charge in [0, 0.05) is 45.2 Å². The molecule has 3 rings (SSSR count). The van der Waals surface area contributed by atoms with Gasteiger partial charge in [-0.05, 0) is 67.5 Å². The number of hydrogen-bond donors (Lipinski definition) is 2. The minimum atomic E-state index is -0.513. The molecule has 0 aromatic heterocycles. The lowest BCUT2D eigenvalue weighted by Crippen LogP contribution is -2.40. The summed E-state index contributed by atoms with van der Waals surface area (Å²) in [6.45, 7) is 8.48. The summed E-state index contributed by atoms with van der Waals surface area (Å²) in [5.74, 6) is 0.193. The number of esters is 1. The van der Waals surface area contributed by atoms with Gasteiger partial charge < -0.3 is 29.5 Å². The number of rotatable bonds is 15. The second-order valence-corrected chi connectivity index (χ2v) is 10.5. The molecule has 2 N–H and O–H groups in total. The van der Waals surface area contributed by atoms with E-state index in [1.165, 1.54) is 23.6 Å². The van der Waals surface area contributed by atoms with Crippen molar-refractivity contribution in [1.29, 1.82) is 0 Å². The first-order valence-corrected chi connectivity index (χ1v) is 13.6. The highest BCUT2D eigenvalue weighted by atomic mass is 16.6. The number of nitrogens with zero attached hydrogens (tertiary/aromatic N) is 2. The van der Waals surface area contributed by atoms with Crippen molar-refractivity contribution < 1.29 is 33.7 Å². The van der Waals surface area contributed by atoms with E-state index in [9.17, 15) is 19.5 Å². The number of amides is 2. The molecule has 1 heterocycles. The number of aryl methyl sites for hydroxylation is 1. The molecule has 0 spiro atoms. The second kappa shape index (κ2) is 14.6. The summed E-state index contributed by atoms with van der Waals surface area (Å²) in [6, 6.07) is 11.8. The Morgan fingerprint density at radius 1 is 1.10 bits per heavy atom. The number of carbonyl (C=O) groups excluding carboxylic acids is 3. The van der Waals surface area contributed by atoms with Crippen molar-refractivity contribution in [2.45, 2.75) is 58.7 Å². The van der Waals surface area contributed by atoms with Gasteiger partial charge in [0.15, 0.2) is 11.5 Å². The van der Waals surface area contributed by atoms with Crippen LogP contribution in [0.1, 0.15) is 49.4 Å². The maximum Gasteiger partial charge on any atom is 0.409 e. The Balaban J connectivity index is 1.61. The zero-order valence-electron chi connectivity index (χ0n) is 23.9. The van der Waals surface area contributed by atoms with Crippen molar-refractivity contribution in [3.8, 4) is 11.5 Å². The Morgan fingerprint density at radius 2 is 1.88 bits per heavy atom. The Kier molecular flexibility index (Phi) is 11.2. The first kappa shape index (κ1) is 30.7. The third-order valence-electron chi connectivity index (χ3n) is 7.34. The number of phenolic OH excluding ortho intramolecular Hbond substituents is 1. The molecule has 1 aliphatic heterocycles. The molecule has 0 fully saturated rings. The Bertz CT molecular complexity index is 1170. The molecular weight excluding hydrogens is 514 g/mol. The van der Waals surface area contributed by atoms with Gasteiger partial charge in [-0.3, -0.25) is 14.5 Å². The molecule has 0 radical (unpaired) electrons. The normalized spacial score (nSPS) is 12.9. The van der Waals surface area contributed by atoms with Crippen molar-refractivity contribution >= 4 is 18.5 Å². The zero-order valence-corrected chi connectivity index (χ0v) is 23.9. The van der Waals surface area contributed by atoms with Gasteiger partial charge in [-0.2, -0.15) is 0 Å². The van der Waals surface area contributed by atoms with Crippen LogP contribution >= 0.6 is 0 Å². The number of fused-ring (bicyclic) bond motifs is 1. The number of ether oxygens (including phenoxy) is 3. The number of hydrogen-bond acceptors (Lipinski definition) is 8. The van der Waals surface area contributed by atoms with Crippen molar-refractivity contribution in [2.24, 2.45) is 0 Å². The van der Waals surface area contributed by atoms with Crippen LogP contribution in [0.4, 0.5) is 4.79 Å². The summed E-state index contributed by atoms with van der Waals surface area (Å²) < 4.78 is 15.4. The lowest BCUT2D eigenvalue weighted by atomic mass is 9.93. The summed E-state index contributed by atoms with van der Waals surface area (Å²) in [7, 11) is 1.55. The van der Waals surface area contributed by atoms with Gasteiger partial charge in [-0.15, -0.1) is 0 Å². The van der Waals surface area contributed by atoms with E-state index in [0.29, 0.717) is 38.2 Å². The van der Waals surface area contributed by atoms with Gasteiger partial charge in [-0.25, -0.2) is 4.79 Å². The van der Waals surface area contributed by atoms with E-state index in [0.717, 1.165) is 31.5 Å². The molecule has 10 heteroatoms. The van der Waals surface area contributed by atoms with Crippen molar-refractivity contribution in [3.63, 3.8) is 0 Å². The fraction of sp³-hybridized carbons (Fsp3) is 0.500. The molecule has 0 bridgehead atoms. The number of nitrogens with one attached hydrogen (secondary N) is 1. The fourth-order valence-corrected chi connectivity index (χ4v) is 4.85. The van der Waals surface area contributed by atoms with E-state index >= 15 is 0 Å². The molecule has 2 amide bonds. The van der Waals surface area contributed by atoms with Crippen LogP contribution in [0.5, 0.6) is 11.5 Å². The Morgan fingerprint density at radius 3 is 2.60 bits per heavy atom. The lowest BCUT2D eigenvalue weighted by Gasteiger charge is -2.35. The Labute approximate surface area is 236 Å². The number of methoxy groups -OCH3 is 1. The van der Waals surface area contributed by atoms with Crippen molar-refractivity contribution in [1.82, 2.24) is 15.1 Å². The van der Waals surface area contributed by atoms with Crippen LogP contribution in [0.3, 0.4) is 0 Å². The second-order valence-electron chi connectivity index (χ2n) is 10.5. The van der Waals surface area contributed by atoms with Crippen LogP contribution < -0.4 is 10.1 Å². The van der Waals surface area contributed by atoms with Crippen LogP contribution in [0.25, 0.3) is 0 Å². The van der Waals surface area contributed by atoms with Crippen molar-refractivity contribution in [3.05, 3.63) is 58.7 Å². The third kappa shape index (κ3) is 8.61. The highest BCUT2D eigenvalue weighted by Gasteiger charge is 2.32. The predicted molar refractivity (Wildman–Crippen MR) is 150 cm³/mol. The average molecular weight is 556 g/mol. The first-order valence-electron chi connectivity index (χ1n) is 13.6. The van der Waals surface area contributed by atoms with Crippen molar-refractivity contribution in [2.75, 3.05) is 40.0 Å². The minimum absolute atomic E-state index is 0.000393. The zero-order chi connectivity index (χ0) is 29.1. The third-order valence-corrected chi connectivity index (χ3v) is 7.34. The molecule has 0 saturated carbocycles. The number of phenols is 1. The van der Waals surface area contributed by atoms with E-state index in [1.807, 2.05) is 12.1 Å². The highest BCUT2D eigenvalue weighted by Crippen LogP contribution is 2.35. The SMILES string of the molecule is COc1cc(CCC(C)(C)N2Cc3cccc(CCN(CCNC=O)C(=O)OCCOC(C)=O)c3C2)ccc1O. The molecule has 0 saturated heterocycles. The van der Waals surface area contributed by atoms with Gasteiger partial charge >= 0.3 is 12.1 Å². The Hall–Kier alpha value is -3.79. The molecule has 40 heavy (non-hydrogen) atoms. The number of carbonyl (C=O) groups is 3. The number of aromatic hydroxyl groups is 1. The predicted octanol–water partition coefficient (Wildman–Crippen LogP) is 3.42. The summed E-state index contributed by atoms with van der Waals surface area (Å²) in [4.78, 5) is 38.4. The van der Waals surface area contributed by atoms with E-state index < -0.39 is 12.1 Å². The summed E-state index contributed by atoms with van der Waals surface area (Å²) in [6.07, 6.45) is 2.52. The minimum Gasteiger partial charge on any atom is -0.504 e. The van der Waals surface area contributed by atoms with Crippen LogP contribution in [0, 0.1) is 0 Å². The molecule has 0 unspecified atom stereocenters. The van der Waals surface area contributed by atoms with Gasteiger partial charge in [-0.1, -0.05) is 24.3 Å². The molecule has 0 aliphatic carbocycles. The first-order chi connectivity index (χ1) is 19.1. The molecule has 218 valence electrons. The van der Waals surface area contributed by atoms with Crippen LogP contribution in [-0.2, 0) is 45.0 Å². The van der Waals surface area contributed by atoms with E-state index in [4.69, 9.17) is 14.2 Å². The van der Waals surface area contributed by atoms with Crippen LogP contribution in [0.2, 0.25) is 0 Å². The summed E-state index contributed by atoms with van der Waals surface area (Å²) in [5, 5.41) is 12.5. The quantitative estimate of drug-likeness (QED) is 0.195. The van der Waals surface area contributed by atoms with Gasteiger partial charge in [0.2, 0.25) is 6.41 Å². The molecule has 0 atom stereocenters. The maximum absolute atomic E-state index is 12.7. The van der Waals surface area contributed by atoms with E-state index in [-0.39, 0.29) is 24.5 Å². The summed E-state index contributed by atoms with van der Waals surface area (Å²) >= 11 is 0. The lowest BCUT2D eigenvalue weighted by molar-refractivity contribution is -0.142. The topological polar surface area (TPSA) is 118 Å². The van der Waals surface area contributed by atoms with Crippen LogP contribution in [-0.4, -0.2) is 78.9 Å². The largest absolute Gasteiger partial charge is 0.504 e. The average Bonchev–Trinajstić information content (AvgIpc) is 3.38. The highest BCUT2D eigenvalue weighted by molar-refractivity contribution is 5.68. The molecule has 2 aromatic carbocycles. The molecule has 1 aliphatic rings. The van der Waals surface area contributed by atoms with Gasteiger partial charge in [0.25, 0.3) is 0 Å². The van der Waals surface area contributed by atoms with Gasteiger partial charge in [0.1, 0.15) is 13.2 Å². The van der Waals surface area contributed by atoms with E-state index in [1.54, 1.807) is 18.1 Å².